The Hall–Kier alpha value is -0.440. The fourth-order valence-electron chi connectivity index (χ4n) is 0.233. The minimum absolute atomic E-state index is 0.837. The van der Waals surface area contributed by atoms with Crippen molar-refractivity contribution >= 4 is 18.1 Å². The van der Waals surface area contributed by atoms with E-state index in [1.807, 2.05) is 25.3 Å². The van der Waals surface area contributed by atoms with Crippen LogP contribution in [0.25, 0.3) is 0 Å². The van der Waals surface area contributed by atoms with Gasteiger partial charge in [0.25, 0.3) is 0 Å². The molecule has 0 aliphatic carbocycles. The average molecular weight is 144 g/mol. The second-order valence-electron chi connectivity index (χ2n) is 1.81. The first kappa shape index (κ1) is 8.56. The van der Waals surface area contributed by atoms with E-state index in [4.69, 9.17) is 0 Å². The van der Waals surface area contributed by atoms with Gasteiger partial charge in [-0.15, -0.1) is 11.8 Å². The highest BCUT2D eigenvalue weighted by Gasteiger charge is 1.81. The third-order valence-electron chi connectivity index (χ3n) is 0.668. The third-order valence-corrected chi connectivity index (χ3v) is 1.24. The smallest absolute Gasteiger partial charge is 0.0913 e. The van der Waals surface area contributed by atoms with Gasteiger partial charge in [0.1, 0.15) is 0 Å². The largest absolute Gasteiger partial charge is 0.369 e. The predicted molar refractivity (Wildman–Crippen MR) is 44.8 cm³/mol. The van der Waals surface area contributed by atoms with Crippen molar-refractivity contribution in [2.45, 2.75) is 0 Å². The van der Waals surface area contributed by atoms with Crippen molar-refractivity contribution < 1.29 is 0 Å². The molecule has 0 saturated carbocycles. The summed E-state index contributed by atoms with van der Waals surface area (Å²) in [5, 5.41) is 0.837. The number of thioether (sulfide) groups is 1. The van der Waals surface area contributed by atoms with E-state index < -0.39 is 0 Å². The molecule has 0 unspecified atom stereocenters. The van der Waals surface area contributed by atoms with Crippen molar-refractivity contribution in [3.63, 3.8) is 0 Å². The standard InChI is InChI=1S/C6H12N2S/c1-6(9-4)7-5-8(2)3/h5H,1H2,2-4H3. The van der Waals surface area contributed by atoms with E-state index in [0.717, 1.165) is 5.03 Å². The van der Waals surface area contributed by atoms with Crippen LogP contribution >= 0.6 is 11.8 Å². The quantitative estimate of drug-likeness (QED) is 0.439. The lowest BCUT2D eigenvalue weighted by Gasteiger charge is -2.01. The van der Waals surface area contributed by atoms with E-state index in [1.54, 1.807) is 18.1 Å². The topological polar surface area (TPSA) is 15.6 Å². The molecule has 3 heteroatoms. The molecule has 0 aliphatic rings. The van der Waals surface area contributed by atoms with Crippen LogP contribution in [-0.4, -0.2) is 31.6 Å². The van der Waals surface area contributed by atoms with Crippen LogP contribution in [0.3, 0.4) is 0 Å². The normalized spacial score (nSPS) is 10.1. The summed E-state index contributed by atoms with van der Waals surface area (Å²) in [6.07, 6.45) is 3.69. The van der Waals surface area contributed by atoms with Gasteiger partial charge in [0.2, 0.25) is 0 Å². The van der Waals surface area contributed by atoms with E-state index in [1.165, 1.54) is 0 Å². The first-order valence-electron chi connectivity index (χ1n) is 2.60. The zero-order chi connectivity index (χ0) is 7.28. The summed E-state index contributed by atoms with van der Waals surface area (Å²) < 4.78 is 0. The van der Waals surface area contributed by atoms with E-state index in [0.29, 0.717) is 0 Å². The van der Waals surface area contributed by atoms with E-state index in [-0.39, 0.29) is 0 Å². The molecular weight excluding hydrogens is 132 g/mol. The fourth-order valence-corrected chi connectivity index (χ4v) is 0.385. The highest BCUT2D eigenvalue weighted by atomic mass is 32.2. The summed E-state index contributed by atoms with van der Waals surface area (Å²) in [5.74, 6) is 0. The number of hydrogen-bond donors (Lipinski definition) is 0. The highest BCUT2D eigenvalue weighted by Crippen LogP contribution is 2.07. The molecule has 0 amide bonds. The van der Waals surface area contributed by atoms with Gasteiger partial charge in [-0.3, -0.25) is 0 Å². The van der Waals surface area contributed by atoms with E-state index in [9.17, 15) is 0 Å². The molecule has 0 atom stereocenters. The summed E-state index contributed by atoms with van der Waals surface area (Å²) in [6, 6.07) is 0. The highest BCUT2D eigenvalue weighted by molar-refractivity contribution is 8.02. The SMILES string of the molecule is C=C(N=CN(C)C)SC. The van der Waals surface area contributed by atoms with Gasteiger partial charge in [-0.25, -0.2) is 4.99 Å². The van der Waals surface area contributed by atoms with Crippen LogP contribution in [0.1, 0.15) is 0 Å². The van der Waals surface area contributed by atoms with Crippen molar-refractivity contribution in [2.75, 3.05) is 20.4 Å². The number of nitrogens with zero attached hydrogens (tertiary/aromatic N) is 2. The number of rotatable bonds is 3. The minimum atomic E-state index is 0.837. The van der Waals surface area contributed by atoms with Crippen molar-refractivity contribution in [2.24, 2.45) is 4.99 Å². The van der Waals surface area contributed by atoms with Crippen LogP contribution in [0.15, 0.2) is 16.6 Å². The van der Waals surface area contributed by atoms with Crippen LogP contribution in [-0.2, 0) is 0 Å². The molecule has 0 rings (SSSR count). The molecule has 0 fully saturated rings. The Labute approximate surface area is 60.7 Å². The van der Waals surface area contributed by atoms with Crippen molar-refractivity contribution in [1.29, 1.82) is 0 Å². The molecule has 0 aromatic carbocycles. The van der Waals surface area contributed by atoms with Gasteiger partial charge in [-0.2, -0.15) is 0 Å². The summed E-state index contributed by atoms with van der Waals surface area (Å²) >= 11 is 1.55. The molecule has 0 radical (unpaired) electrons. The van der Waals surface area contributed by atoms with Gasteiger partial charge in [-0.1, -0.05) is 6.58 Å². The van der Waals surface area contributed by atoms with Gasteiger partial charge >= 0.3 is 0 Å². The first-order chi connectivity index (χ1) is 4.16. The molecule has 0 aromatic heterocycles. The maximum atomic E-state index is 4.01. The number of aliphatic imine (C=N–C) groups is 1. The maximum Gasteiger partial charge on any atom is 0.0913 e. The Morgan fingerprint density at radius 3 is 2.56 bits per heavy atom. The Morgan fingerprint density at radius 2 is 2.22 bits per heavy atom. The van der Waals surface area contributed by atoms with Crippen molar-refractivity contribution in [3.8, 4) is 0 Å². The molecule has 52 valence electrons. The average Bonchev–Trinajstić information content (AvgIpc) is 1.83. The second-order valence-corrected chi connectivity index (χ2v) is 2.69. The molecule has 0 aliphatic heterocycles. The lowest BCUT2D eigenvalue weighted by atomic mass is 10.9. The van der Waals surface area contributed by atoms with E-state index in [2.05, 4.69) is 11.6 Å². The van der Waals surface area contributed by atoms with Crippen LogP contribution in [0.5, 0.6) is 0 Å². The zero-order valence-electron chi connectivity index (χ0n) is 6.09. The summed E-state index contributed by atoms with van der Waals surface area (Å²) in [4.78, 5) is 5.89. The third kappa shape index (κ3) is 5.43. The van der Waals surface area contributed by atoms with Crippen LogP contribution in [0.4, 0.5) is 0 Å². The Kier molecular flexibility index (Phi) is 4.22. The Balaban J connectivity index is 3.57. The molecule has 0 aromatic rings. The van der Waals surface area contributed by atoms with Crippen LogP contribution < -0.4 is 0 Å². The first-order valence-corrected chi connectivity index (χ1v) is 3.83. The van der Waals surface area contributed by atoms with Gasteiger partial charge in [0.05, 0.1) is 11.4 Å². The lowest BCUT2D eigenvalue weighted by molar-refractivity contribution is 0.643. The van der Waals surface area contributed by atoms with Gasteiger partial charge in [0.15, 0.2) is 0 Å². The second kappa shape index (κ2) is 4.44. The molecule has 0 heterocycles. The van der Waals surface area contributed by atoms with Gasteiger partial charge < -0.3 is 4.90 Å². The molecular formula is C6H12N2S. The molecule has 0 saturated heterocycles. The Morgan fingerprint density at radius 1 is 1.67 bits per heavy atom. The van der Waals surface area contributed by atoms with Crippen LogP contribution in [0.2, 0.25) is 0 Å². The zero-order valence-corrected chi connectivity index (χ0v) is 6.90. The predicted octanol–water partition coefficient (Wildman–Crippen LogP) is 1.41. The molecule has 2 nitrogen and oxygen atoms in total. The molecule has 9 heavy (non-hydrogen) atoms. The summed E-state index contributed by atoms with van der Waals surface area (Å²) in [7, 11) is 3.86. The summed E-state index contributed by atoms with van der Waals surface area (Å²) in [6.45, 7) is 3.68. The van der Waals surface area contributed by atoms with Crippen molar-refractivity contribution in [3.05, 3.63) is 11.6 Å². The monoisotopic (exact) mass is 144 g/mol. The lowest BCUT2D eigenvalue weighted by Crippen LogP contribution is -2.07. The fraction of sp³-hybridized carbons (Fsp3) is 0.500. The summed E-state index contributed by atoms with van der Waals surface area (Å²) in [5.41, 5.74) is 0. The minimum Gasteiger partial charge on any atom is -0.369 e. The van der Waals surface area contributed by atoms with Gasteiger partial charge in [0, 0.05) is 14.1 Å². The van der Waals surface area contributed by atoms with E-state index >= 15 is 0 Å². The number of hydrogen-bond acceptors (Lipinski definition) is 2. The van der Waals surface area contributed by atoms with Gasteiger partial charge in [-0.05, 0) is 6.26 Å². The molecule has 0 spiro atoms. The molecule has 0 N–H and O–H groups in total. The van der Waals surface area contributed by atoms with Crippen LogP contribution in [0, 0.1) is 0 Å². The van der Waals surface area contributed by atoms with Crippen molar-refractivity contribution in [1.82, 2.24) is 4.90 Å². The molecule has 0 bridgehead atoms. The maximum absolute atomic E-state index is 4.01. The Bertz CT molecular complexity index is 118.